The quantitative estimate of drug-likeness (QED) is 0.791. The first-order chi connectivity index (χ1) is 10.7. The van der Waals surface area contributed by atoms with Gasteiger partial charge in [0.1, 0.15) is 5.60 Å². The van der Waals surface area contributed by atoms with E-state index in [0.717, 1.165) is 18.5 Å². The van der Waals surface area contributed by atoms with Crippen molar-refractivity contribution in [1.82, 2.24) is 14.9 Å². The number of rotatable bonds is 3. The molecule has 0 aromatic carbocycles. The summed E-state index contributed by atoms with van der Waals surface area (Å²) in [6.45, 7) is 8.74. The van der Waals surface area contributed by atoms with Crippen LogP contribution in [0.1, 0.15) is 39.3 Å². The van der Waals surface area contributed by atoms with Gasteiger partial charge in [-0.05, 0) is 52.5 Å². The van der Waals surface area contributed by atoms with Gasteiger partial charge < -0.3 is 9.64 Å². The third kappa shape index (κ3) is 5.57. The zero-order valence-corrected chi connectivity index (χ0v) is 15.1. The maximum Gasteiger partial charge on any atom is 0.410 e. The Morgan fingerprint density at radius 2 is 2.04 bits per heavy atom. The predicted molar refractivity (Wildman–Crippen MR) is 88.6 cm³/mol. The van der Waals surface area contributed by atoms with E-state index in [4.69, 9.17) is 4.74 Å². The molecule has 6 nitrogen and oxygen atoms in total. The van der Waals surface area contributed by atoms with Crippen molar-refractivity contribution in [3.63, 3.8) is 0 Å². The lowest BCUT2D eigenvalue weighted by molar-refractivity contribution is 0.0191. The molecule has 0 unspecified atom stereocenters. The molecule has 1 atom stereocenters. The van der Waals surface area contributed by atoms with Crippen molar-refractivity contribution >= 4 is 16.9 Å². The molecule has 1 aromatic rings. The zero-order valence-electron chi connectivity index (χ0n) is 14.2. The first kappa shape index (κ1) is 17.8. The lowest BCUT2D eigenvalue weighted by atomic mass is 9.99. The SMILES string of the molecule is Cc1ccnc([S@](=O)CC2CCN(C(=O)OC(C)(C)C)CC2)n1. The number of carbonyl (C=O) groups excluding carboxylic acids is 1. The maximum absolute atomic E-state index is 12.3. The summed E-state index contributed by atoms with van der Waals surface area (Å²) in [6.07, 6.45) is 3.04. The molecule has 2 heterocycles. The molecule has 2 rings (SSSR count). The molecule has 1 saturated heterocycles. The molecular formula is C16H25N3O3S. The molecule has 7 heteroatoms. The Kier molecular flexibility index (Phi) is 5.73. The molecule has 0 aliphatic carbocycles. The molecule has 0 saturated carbocycles. The first-order valence-corrected chi connectivity index (χ1v) is 9.22. The van der Waals surface area contributed by atoms with Crippen LogP contribution < -0.4 is 0 Å². The van der Waals surface area contributed by atoms with Crippen molar-refractivity contribution < 1.29 is 13.7 Å². The summed E-state index contributed by atoms with van der Waals surface area (Å²) < 4.78 is 17.7. The maximum atomic E-state index is 12.3. The van der Waals surface area contributed by atoms with E-state index < -0.39 is 16.4 Å². The van der Waals surface area contributed by atoms with Gasteiger partial charge in [-0.2, -0.15) is 0 Å². The molecule has 0 N–H and O–H groups in total. The Hall–Kier alpha value is -1.50. The van der Waals surface area contributed by atoms with Crippen LogP contribution in [0.15, 0.2) is 17.4 Å². The van der Waals surface area contributed by atoms with Crippen LogP contribution in [0.2, 0.25) is 0 Å². The third-order valence-electron chi connectivity index (χ3n) is 3.63. The summed E-state index contributed by atoms with van der Waals surface area (Å²) >= 11 is 0. The van der Waals surface area contributed by atoms with Gasteiger partial charge in [0.2, 0.25) is 5.16 Å². The van der Waals surface area contributed by atoms with Gasteiger partial charge in [-0.15, -0.1) is 0 Å². The largest absolute Gasteiger partial charge is 0.444 e. The highest BCUT2D eigenvalue weighted by molar-refractivity contribution is 7.84. The monoisotopic (exact) mass is 339 g/mol. The second kappa shape index (κ2) is 7.38. The molecule has 23 heavy (non-hydrogen) atoms. The summed E-state index contributed by atoms with van der Waals surface area (Å²) in [6, 6.07) is 1.79. The highest BCUT2D eigenvalue weighted by Gasteiger charge is 2.28. The van der Waals surface area contributed by atoms with Crippen molar-refractivity contribution in [2.24, 2.45) is 5.92 Å². The van der Waals surface area contributed by atoms with E-state index in [1.807, 2.05) is 27.7 Å². The second-order valence-electron chi connectivity index (χ2n) is 6.90. The van der Waals surface area contributed by atoms with Crippen molar-refractivity contribution in [2.45, 2.75) is 51.3 Å². The van der Waals surface area contributed by atoms with Gasteiger partial charge in [-0.25, -0.2) is 14.8 Å². The topological polar surface area (TPSA) is 72.4 Å². The number of aryl methyl sites for hydroxylation is 1. The second-order valence-corrected chi connectivity index (χ2v) is 8.29. The lowest BCUT2D eigenvalue weighted by Crippen LogP contribution is -2.42. The average molecular weight is 339 g/mol. The van der Waals surface area contributed by atoms with E-state index in [0.29, 0.717) is 29.9 Å². The van der Waals surface area contributed by atoms with E-state index in [-0.39, 0.29) is 6.09 Å². The van der Waals surface area contributed by atoms with E-state index in [1.54, 1.807) is 17.2 Å². The van der Waals surface area contributed by atoms with Crippen LogP contribution in [0.3, 0.4) is 0 Å². The highest BCUT2D eigenvalue weighted by atomic mass is 32.2. The minimum absolute atomic E-state index is 0.265. The number of nitrogens with zero attached hydrogens (tertiary/aromatic N) is 3. The fourth-order valence-corrected chi connectivity index (χ4v) is 3.77. The Balaban J connectivity index is 1.83. The van der Waals surface area contributed by atoms with Gasteiger partial charge in [0, 0.05) is 30.7 Å². The fourth-order valence-electron chi connectivity index (χ4n) is 2.43. The molecule has 1 aliphatic heterocycles. The molecule has 1 aromatic heterocycles. The van der Waals surface area contributed by atoms with Crippen molar-refractivity contribution in [2.75, 3.05) is 18.8 Å². The minimum atomic E-state index is -1.19. The van der Waals surface area contributed by atoms with Crippen LogP contribution in [-0.4, -0.2) is 49.6 Å². The molecule has 128 valence electrons. The summed E-state index contributed by atoms with van der Waals surface area (Å²) in [5.41, 5.74) is 0.348. The highest BCUT2D eigenvalue weighted by Crippen LogP contribution is 2.21. The molecular weight excluding hydrogens is 314 g/mol. The minimum Gasteiger partial charge on any atom is -0.444 e. The van der Waals surface area contributed by atoms with E-state index in [2.05, 4.69) is 9.97 Å². The fraction of sp³-hybridized carbons (Fsp3) is 0.688. The van der Waals surface area contributed by atoms with Gasteiger partial charge in [0.05, 0.1) is 10.8 Å². The van der Waals surface area contributed by atoms with Gasteiger partial charge in [0.25, 0.3) is 0 Å². The van der Waals surface area contributed by atoms with Crippen molar-refractivity contribution in [1.29, 1.82) is 0 Å². The number of amides is 1. The Morgan fingerprint density at radius 3 is 2.61 bits per heavy atom. The molecule has 0 spiro atoms. The number of ether oxygens (including phenoxy) is 1. The molecule has 1 amide bonds. The van der Waals surface area contributed by atoms with Crippen LogP contribution >= 0.6 is 0 Å². The summed E-state index contributed by atoms with van der Waals surface area (Å²) in [5.74, 6) is 0.865. The number of likely N-dealkylation sites (tertiary alicyclic amines) is 1. The van der Waals surface area contributed by atoms with Crippen LogP contribution in [0.4, 0.5) is 4.79 Å². The molecule has 1 fully saturated rings. The van der Waals surface area contributed by atoms with Crippen molar-refractivity contribution in [3.05, 3.63) is 18.0 Å². The summed E-state index contributed by atoms with van der Waals surface area (Å²) in [7, 11) is -1.19. The Labute approximate surface area is 140 Å². The standard InChI is InChI=1S/C16H25N3O3S/c1-12-5-8-17-14(18-12)23(21)11-13-6-9-19(10-7-13)15(20)22-16(2,3)4/h5,8,13H,6-7,9-11H2,1-4H3/t23-/m1/s1. The van der Waals surface area contributed by atoms with Crippen LogP contribution in [0.5, 0.6) is 0 Å². The summed E-state index contributed by atoms with van der Waals surface area (Å²) in [5, 5.41) is 0.402. The normalized spacial score (nSPS) is 17.8. The van der Waals surface area contributed by atoms with Gasteiger partial charge in [-0.1, -0.05) is 0 Å². The van der Waals surface area contributed by atoms with Gasteiger partial charge in [-0.3, -0.25) is 4.21 Å². The Bertz CT molecular complexity index is 578. The Morgan fingerprint density at radius 1 is 1.39 bits per heavy atom. The smallest absolute Gasteiger partial charge is 0.410 e. The van der Waals surface area contributed by atoms with E-state index in [9.17, 15) is 9.00 Å². The number of hydrogen-bond donors (Lipinski definition) is 0. The van der Waals surface area contributed by atoms with Crippen LogP contribution in [-0.2, 0) is 15.5 Å². The average Bonchev–Trinajstić information content (AvgIpc) is 2.46. The zero-order chi connectivity index (χ0) is 17.0. The van der Waals surface area contributed by atoms with Gasteiger partial charge in [0.15, 0.2) is 0 Å². The molecule has 0 radical (unpaired) electrons. The summed E-state index contributed by atoms with van der Waals surface area (Å²) in [4.78, 5) is 22.1. The first-order valence-electron chi connectivity index (χ1n) is 7.90. The van der Waals surface area contributed by atoms with Crippen molar-refractivity contribution in [3.8, 4) is 0 Å². The third-order valence-corrected chi connectivity index (χ3v) is 5.01. The molecule has 1 aliphatic rings. The van der Waals surface area contributed by atoms with E-state index in [1.165, 1.54) is 0 Å². The van der Waals surface area contributed by atoms with Gasteiger partial charge >= 0.3 is 6.09 Å². The number of aromatic nitrogens is 2. The van der Waals surface area contributed by atoms with Crippen LogP contribution in [0.25, 0.3) is 0 Å². The number of carbonyl (C=O) groups is 1. The number of hydrogen-bond acceptors (Lipinski definition) is 5. The van der Waals surface area contributed by atoms with Crippen LogP contribution in [0, 0.1) is 12.8 Å². The van der Waals surface area contributed by atoms with E-state index >= 15 is 0 Å². The lowest BCUT2D eigenvalue weighted by Gasteiger charge is -2.33. The molecule has 0 bridgehead atoms. The number of piperidine rings is 1. The predicted octanol–water partition coefficient (Wildman–Crippen LogP) is 2.54.